The highest BCUT2D eigenvalue weighted by Crippen LogP contribution is 2.18. The molecule has 2 amide bonds. The molecular weight excluding hydrogens is 396 g/mol. The number of hydrogen-bond donors (Lipinski definition) is 1. The summed E-state index contributed by atoms with van der Waals surface area (Å²) < 4.78 is 0. The van der Waals surface area contributed by atoms with Gasteiger partial charge in [-0.25, -0.2) is 0 Å². The molecule has 0 aliphatic carbocycles. The third-order valence-electron chi connectivity index (χ3n) is 5.29. The standard InChI is InChI=1S/C25H33ClN2O2/c1-6-19(5)27-25(30)23(7-2)28(16-20-8-10-22(26)11-9-20)24(29)15-21-13-17(3)12-18(4)14-21/h8-14,19,23H,6-7,15-16H2,1-5H3,(H,27,30)/t19-,23+/m1/s1. The van der Waals surface area contributed by atoms with Crippen LogP contribution in [-0.4, -0.2) is 28.8 Å². The first-order chi connectivity index (χ1) is 14.2. The number of nitrogens with one attached hydrogen (secondary N) is 1. The second-order valence-electron chi connectivity index (χ2n) is 8.06. The van der Waals surface area contributed by atoms with E-state index in [0.717, 1.165) is 28.7 Å². The van der Waals surface area contributed by atoms with E-state index in [1.807, 2.05) is 71.0 Å². The first-order valence-electron chi connectivity index (χ1n) is 10.6. The molecule has 1 N–H and O–H groups in total. The monoisotopic (exact) mass is 428 g/mol. The largest absolute Gasteiger partial charge is 0.352 e. The van der Waals surface area contributed by atoms with Gasteiger partial charge < -0.3 is 10.2 Å². The maximum atomic E-state index is 13.4. The van der Waals surface area contributed by atoms with E-state index in [9.17, 15) is 9.59 Å². The van der Waals surface area contributed by atoms with Crippen molar-refractivity contribution in [2.45, 2.75) is 72.5 Å². The molecule has 0 fully saturated rings. The lowest BCUT2D eigenvalue weighted by Gasteiger charge is -2.31. The van der Waals surface area contributed by atoms with Crippen LogP contribution in [0.1, 0.15) is 55.9 Å². The van der Waals surface area contributed by atoms with E-state index < -0.39 is 6.04 Å². The summed E-state index contributed by atoms with van der Waals surface area (Å²) in [6.07, 6.45) is 1.66. The predicted molar refractivity (Wildman–Crippen MR) is 124 cm³/mol. The van der Waals surface area contributed by atoms with Crippen LogP contribution < -0.4 is 5.32 Å². The topological polar surface area (TPSA) is 49.4 Å². The number of carbonyl (C=O) groups is 2. The molecule has 0 aliphatic rings. The fourth-order valence-corrected chi connectivity index (χ4v) is 3.72. The molecule has 0 spiro atoms. The smallest absolute Gasteiger partial charge is 0.243 e. The highest BCUT2D eigenvalue weighted by molar-refractivity contribution is 6.30. The molecule has 0 aromatic heterocycles. The summed E-state index contributed by atoms with van der Waals surface area (Å²) in [5, 5.41) is 3.69. The number of benzene rings is 2. The van der Waals surface area contributed by atoms with Crippen molar-refractivity contribution < 1.29 is 9.59 Å². The van der Waals surface area contributed by atoms with Crippen LogP contribution in [0.25, 0.3) is 0 Å². The third-order valence-corrected chi connectivity index (χ3v) is 5.54. The number of hydrogen-bond acceptors (Lipinski definition) is 2. The van der Waals surface area contributed by atoms with Gasteiger partial charge in [-0.05, 0) is 56.9 Å². The third kappa shape index (κ3) is 6.88. The molecule has 2 atom stereocenters. The molecule has 0 heterocycles. The van der Waals surface area contributed by atoms with Crippen LogP contribution in [0, 0.1) is 13.8 Å². The summed E-state index contributed by atoms with van der Waals surface area (Å²) in [6.45, 7) is 10.4. The summed E-state index contributed by atoms with van der Waals surface area (Å²) in [6, 6.07) is 13.1. The fraction of sp³-hybridized carbons (Fsp3) is 0.440. The number of halogens is 1. The molecule has 2 aromatic rings. The lowest BCUT2D eigenvalue weighted by Crippen LogP contribution is -2.51. The number of nitrogens with zero attached hydrogens (tertiary/aromatic N) is 1. The van der Waals surface area contributed by atoms with Gasteiger partial charge in [-0.2, -0.15) is 0 Å². The average molecular weight is 429 g/mol. The quantitative estimate of drug-likeness (QED) is 0.595. The van der Waals surface area contributed by atoms with E-state index >= 15 is 0 Å². The first-order valence-corrected chi connectivity index (χ1v) is 11.0. The molecule has 0 unspecified atom stereocenters. The van der Waals surface area contributed by atoms with E-state index in [2.05, 4.69) is 11.4 Å². The molecule has 5 heteroatoms. The van der Waals surface area contributed by atoms with Gasteiger partial charge in [0.25, 0.3) is 0 Å². The van der Waals surface area contributed by atoms with Gasteiger partial charge in [-0.1, -0.05) is 66.9 Å². The predicted octanol–water partition coefficient (Wildman–Crippen LogP) is 5.22. The van der Waals surface area contributed by atoms with Crippen molar-refractivity contribution in [3.05, 3.63) is 69.7 Å². The summed E-state index contributed by atoms with van der Waals surface area (Å²) >= 11 is 6.02. The maximum Gasteiger partial charge on any atom is 0.243 e. The van der Waals surface area contributed by atoms with Gasteiger partial charge >= 0.3 is 0 Å². The zero-order chi connectivity index (χ0) is 22.3. The van der Waals surface area contributed by atoms with Crippen molar-refractivity contribution in [3.8, 4) is 0 Å². The van der Waals surface area contributed by atoms with Crippen LogP contribution in [-0.2, 0) is 22.6 Å². The van der Waals surface area contributed by atoms with Crippen LogP contribution in [0.2, 0.25) is 5.02 Å². The summed E-state index contributed by atoms with van der Waals surface area (Å²) in [5.41, 5.74) is 4.17. The van der Waals surface area contributed by atoms with Gasteiger partial charge in [0.05, 0.1) is 6.42 Å². The Balaban J connectivity index is 2.31. The van der Waals surface area contributed by atoms with Crippen molar-refractivity contribution in [1.82, 2.24) is 10.2 Å². The zero-order valence-electron chi connectivity index (χ0n) is 18.7. The van der Waals surface area contributed by atoms with Crippen LogP contribution >= 0.6 is 11.6 Å². The van der Waals surface area contributed by atoms with E-state index in [4.69, 9.17) is 11.6 Å². The fourth-order valence-electron chi connectivity index (χ4n) is 3.59. The molecule has 162 valence electrons. The summed E-state index contributed by atoms with van der Waals surface area (Å²) in [7, 11) is 0. The Bertz CT molecular complexity index is 844. The highest BCUT2D eigenvalue weighted by Gasteiger charge is 2.29. The van der Waals surface area contributed by atoms with Crippen molar-refractivity contribution >= 4 is 23.4 Å². The Labute approximate surface area is 185 Å². The molecule has 0 aliphatic heterocycles. The molecule has 2 aromatic carbocycles. The minimum Gasteiger partial charge on any atom is -0.352 e. The van der Waals surface area contributed by atoms with E-state index in [-0.39, 0.29) is 24.3 Å². The normalized spacial score (nSPS) is 12.9. The van der Waals surface area contributed by atoms with E-state index in [1.165, 1.54) is 0 Å². The Hall–Kier alpha value is -2.33. The number of rotatable bonds is 9. The minimum atomic E-state index is -0.520. The van der Waals surface area contributed by atoms with E-state index in [1.54, 1.807) is 4.90 Å². The Morgan fingerprint density at radius 1 is 0.967 bits per heavy atom. The number of aryl methyl sites for hydroxylation is 2. The van der Waals surface area contributed by atoms with Gasteiger partial charge in [0.15, 0.2) is 0 Å². The summed E-state index contributed by atoms with van der Waals surface area (Å²) in [5.74, 6) is -0.157. The summed E-state index contributed by atoms with van der Waals surface area (Å²) in [4.78, 5) is 28.1. The Morgan fingerprint density at radius 2 is 1.57 bits per heavy atom. The van der Waals surface area contributed by atoms with Gasteiger partial charge in [0.2, 0.25) is 11.8 Å². The minimum absolute atomic E-state index is 0.0545. The second kappa shape index (κ2) is 11.2. The van der Waals surface area contributed by atoms with Crippen LogP contribution in [0.4, 0.5) is 0 Å². The van der Waals surface area contributed by atoms with Gasteiger partial charge in [0.1, 0.15) is 6.04 Å². The molecule has 0 radical (unpaired) electrons. The molecular formula is C25H33ClN2O2. The molecule has 0 saturated heterocycles. The number of carbonyl (C=O) groups excluding carboxylic acids is 2. The Morgan fingerprint density at radius 3 is 2.10 bits per heavy atom. The maximum absolute atomic E-state index is 13.4. The zero-order valence-corrected chi connectivity index (χ0v) is 19.4. The first kappa shape index (κ1) is 23.9. The molecule has 30 heavy (non-hydrogen) atoms. The molecule has 0 saturated carbocycles. The van der Waals surface area contributed by atoms with Gasteiger partial charge in [0, 0.05) is 17.6 Å². The lowest BCUT2D eigenvalue weighted by molar-refractivity contribution is -0.141. The van der Waals surface area contributed by atoms with Crippen LogP contribution in [0.5, 0.6) is 0 Å². The van der Waals surface area contributed by atoms with E-state index in [0.29, 0.717) is 18.0 Å². The SMILES string of the molecule is CC[C@@H](C)NC(=O)[C@H](CC)N(Cc1ccc(Cl)cc1)C(=O)Cc1cc(C)cc(C)c1. The Kier molecular flexibility index (Phi) is 8.91. The van der Waals surface area contributed by atoms with Crippen molar-refractivity contribution in [2.24, 2.45) is 0 Å². The molecule has 4 nitrogen and oxygen atoms in total. The number of amides is 2. The van der Waals surface area contributed by atoms with Crippen molar-refractivity contribution in [2.75, 3.05) is 0 Å². The van der Waals surface area contributed by atoms with Gasteiger partial charge in [-0.15, -0.1) is 0 Å². The lowest BCUT2D eigenvalue weighted by atomic mass is 10.0. The highest BCUT2D eigenvalue weighted by atomic mass is 35.5. The second-order valence-corrected chi connectivity index (χ2v) is 8.50. The van der Waals surface area contributed by atoms with Gasteiger partial charge in [-0.3, -0.25) is 9.59 Å². The molecule has 2 rings (SSSR count). The van der Waals surface area contributed by atoms with Crippen molar-refractivity contribution in [3.63, 3.8) is 0 Å². The molecule has 0 bridgehead atoms. The van der Waals surface area contributed by atoms with Crippen molar-refractivity contribution in [1.29, 1.82) is 0 Å². The van der Waals surface area contributed by atoms with Crippen LogP contribution in [0.3, 0.4) is 0 Å². The average Bonchev–Trinajstić information content (AvgIpc) is 2.68. The van der Waals surface area contributed by atoms with Crippen LogP contribution in [0.15, 0.2) is 42.5 Å².